The Hall–Kier alpha value is -0.890. The zero-order valence-electron chi connectivity index (χ0n) is 7.87. The van der Waals surface area contributed by atoms with Crippen LogP contribution in [0.15, 0.2) is 18.3 Å². The summed E-state index contributed by atoms with van der Waals surface area (Å²) in [6.45, 7) is 4.94. The van der Waals surface area contributed by atoms with Gasteiger partial charge in [-0.05, 0) is 23.6 Å². The molecule has 1 aromatic heterocycles. The molecule has 0 saturated carbocycles. The van der Waals surface area contributed by atoms with Gasteiger partial charge in [-0.25, -0.2) is 0 Å². The van der Waals surface area contributed by atoms with E-state index in [1.165, 1.54) is 5.56 Å². The molecule has 0 amide bonds. The van der Waals surface area contributed by atoms with Crippen LogP contribution in [-0.4, -0.2) is 12.1 Å². The zero-order chi connectivity index (χ0) is 8.97. The molecule has 12 heavy (non-hydrogen) atoms. The Bertz CT molecular complexity index is 245. The smallest absolute Gasteiger partial charge is 0.0884 e. The lowest BCUT2D eigenvalue weighted by molar-refractivity contribution is 0.181. The highest BCUT2D eigenvalue weighted by atomic mass is 16.5. The van der Waals surface area contributed by atoms with Gasteiger partial charge in [0.15, 0.2) is 0 Å². The van der Waals surface area contributed by atoms with Crippen LogP contribution >= 0.6 is 0 Å². The summed E-state index contributed by atoms with van der Waals surface area (Å²) in [5.41, 5.74) is 2.32. The number of methoxy groups -OCH3 is 1. The first-order chi connectivity index (χ1) is 5.74. The Morgan fingerprint density at radius 1 is 1.50 bits per heavy atom. The third-order valence-corrected chi connectivity index (χ3v) is 1.80. The van der Waals surface area contributed by atoms with Crippen molar-refractivity contribution >= 4 is 0 Å². The van der Waals surface area contributed by atoms with Crippen LogP contribution in [0.4, 0.5) is 0 Å². The second-order valence-electron chi connectivity index (χ2n) is 3.17. The first-order valence-electron chi connectivity index (χ1n) is 4.18. The minimum Gasteiger partial charge on any atom is -0.378 e. The number of hydrogen-bond donors (Lipinski definition) is 0. The van der Waals surface area contributed by atoms with Crippen LogP contribution in [0.3, 0.4) is 0 Å². The van der Waals surface area contributed by atoms with Crippen LogP contribution in [0, 0.1) is 0 Å². The molecule has 0 atom stereocenters. The van der Waals surface area contributed by atoms with Crippen molar-refractivity contribution in [3.63, 3.8) is 0 Å². The topological polar surface area (TPSA) is 22.1 Å². The third kappa shape index (κ3) is 2.31. The number of hydrogen-bond acceptors (Lipinski definition) is 2. The van der Waals surface area contributed by atoms with Crippen LogP contribution in [0.5, 0.6) is 0 Å². The maximum absolute atomic E-state index is 5.00. The second kappa shape index (κ2) is 4.21. The molecule has 0 unspecified atom stereocenters. The summed E-state index contributed by atoms with van der Waals surface area (Å²) in [6.07, 6.45) is 1.84. The first-order valence-corrected chi connectivity index (χ1v) is 4.18. The lowest BCUT2D eigenvalue weighted by Gasteiger charge is -2.06. The molecular formula is C10H15NO. The molecule has 0 bridgehead atoms. The fraction of sp³-hybridized carbons (Fsp3) is 0.500. The SMILES string of the molecule is COCc1cc(C(C)C)ccn1. The van der Waals surface area contributed by atoms with Crippen LogP contribution < -0.4 is 0 Å². The monoisotopic (exact) mass is 165 g/mol. The van der Waals surface area contributed by atoms with Crippen molar-refractivity contribution in [1.29, 1.82) is 0 Å². The minimum atomic E-state index is 0.559. The van der Waals surface area contributed by atoms with Crippen molar-refractivity contribution in [2.24, 2.45) is 0 Å². The summed E-state index contributed by atoms with van der Waals surface area (Å²) < 4.78 is 5.00. The van der Waals surface area contributed by atoms with Crippen LogP contribution in [-0.2, 0) is 11.3 Å². The molecule has 0 aliphatic heterocycles. The van der Waals surface area contributed by atoms with Crippen molar-refractivity contribution in [2.45, 2.75) is 26.4 Å². The average Bonchev–Trinajstić information content (AvgIpc) is 2.05. The summed E-state index contributed by atoms with van der Waals surface area (Å²) >= 11 is 0. The van der Waals surface area contributed by atoms with Gasteiger partial charge in [0, 0.05) is 13.3 Å². The average molecular weight is 165 g/mol. The molecule has 0 aromatic carbocycles. The van der Waals surface area contributed by atoms with Gasteiger partial charge >= 0.3 is 0 Å². The molecule has 0 N–H and O–H groups in total. The van der Waals surface area contributed by atoms with Crippen LogP contribution in [0.2, 0.25) is 0 Å². The number of rotatable bonds is 3. The number of pyridine rings is 1. The predicted molar refractivity (Wildman–Crippen MR) is 49.0 cm³/mol. The molecule has 66 valence electrons. The molecule has 0 radical (unpaired) electrons. The van der Waals surface area contributed by atoms with E-state index in [1.807, 2.05) is 12.3 Å². The number of aromatic nitrogens is 1. The van der Waals surface area contributed by atoms with E-state index >= 15 is 0 Å². The van der Waals surface area contributed by atoms with E-state index in [0.29, 0.717) is 12.5 Å². The van der Waals surface area contributed by atoms with Crippen molar-refractivity contribution in [3.8, 4) is 0 Å². The Morgan fingerprint density at radius 3 is 2.83 bits per heavy atom. The van der Waals surface area contributed by atoms with E-state index < -0.39 is 0 Å². The molecular weight excluding hydrogens is 150 g/mol. The Morgan fingerprint density at radius 2 is 2.25 bits per heavy atom. The molecule has 2 heteroatoms. The normalized spacial score (nSPS) is 10.7. The summed E-state index contributed by atoms with van der Waals surface area (Å²) in [7, 11) is 1.68. The molecule has 0 aliphatic carbocycles. The van der Waals surface area contributed by atoms with E-state index in [4.69, 9.17) is 4.74 Å². The Balaban J connectivity index is 2.81. The highest BCUT2D eigenvalue weighted by Gasteiger charge is 2.00. The third-order valence-electron chi connectivity index (χ3n) is 1.80. The molecule has 1 aromatic rings. The summed E-state index contributed by atoms with van der Waals surface area (Å²) in [6, 6.07) is 4.14. The standard InChI is InChI=1S/C10H15NO/c1-8(2)9-4-5-11-10(6-9)7-12-3/h4-6,8H,7H2,1-3H3. The summed E-state index contributed by atoms with van der Waals surface area (Å²) in [5.74, 6) is 0.559. The van der Waals surface area contributed by atoms with Gasteiger partial charge in [-0.2, -0.15) is 0 Å². The summed E-state index contributed by atoms with van der Waals surface area (Å²) in [5, 5.41) is 0. The Kier molecular flexibility index (Phi) is 3.23. The number of nitrogens with zero attached hydrogens (tertiary/aromatic N) is 1. The van der Waals surface area contributed by atoms with Crippen molar-refractivity contribution in [1.82, 2.24) is 4.98 Å². The minimum absolute atomic E-state index is 0.559. The molecule has 2 nitrogen and oxygen atoms in total. The Labute approximate surface area is 73.6 Å². The highest BCUT2D eigenvalue weighted by Crippen LogP contribution is 2.13. The lowest BCUT2D eigenvalue weighted by Crippen LogP contribution is -1.95. The van der Waals surface area contributed by atoms with E-state index in [9.17, 15) is 0 Å². The second-order valence-corrected chi connectivity index (χ2v) is 3.17. The lowest BCUT2D eigenvalue weighted by atomic mass is 10.0. The van der Waals surface area contributed by atoms with Gasteiger partial charge in [0.05, 0.1) is 12.3 Å². The van der Waals surface area contributed by atoms with Crippen LogP contribution in [0.25, 0.3) is 0 Å². The van der Waals surface area contributed by atoms with Gasteiger partial charge < -0.3 is 4.74 Å². The van der Waals surface area contributed by atoms with E-state index in [-0.39, 0.29) is 0 Å². The van der Waals surface area contributed by atoms with Gasteiger partial charge in [0.2, 0.25) is 0 Å². The van der Waals surface area contributed by atoms with Gasteiger partial charge in [0.1, 0.15) is 0 Å². The van der Waals surface area contributed by atoms with Crippen molar-refractivity contribution in [3.05, 3.63) is 29.6 Å². The van der Waals surface area contributed by atoms with Crippen molar-refractivity contribution < 1.29 is 4.74 Å². The largest absolute Gasteiger partial charge is 0.378 e. The number of ether oxygens (including phenoxy) is 1. The molecule has 1 rings (SSSR count). The first kappa shape index (κ1) is 9.20. The van der Waals surface area contributed by atoms with Gasteiger partial charge in [-0.1, -0.05) is 13.8 Å². The maximum atomic E-state index is 5.00. The quantitative estimate of drug-likeness (QED) is 0.686. The molecule has 0 saturated heterocycles. The summed E-state index contributed by atoms with van der Waals surface area (Å²) in [4.78, 5) is 4.19. The van der Waals surface area contributed by atoms with Gasteiger partial charge in [-0.3, -0.25) is 4.98 Å². The fourth-order valence-corrected chi connectivity index (χ4v) is 1.08. The molecule has 1 heterocycles. The maximum Gasteiger partial charge on any atom is 0.0884 e. The van der Waals surface area contributed by atoms with E-state index in [1.54, 1.807) is 7.11 Å². The fourth-order valence-electron chi connectivity index (χ4n) is 1.08. The predicted octanol–water partition coefficient (Wildman–Crippen LogP) is 2.35. The molecule has 0 aliphatic rings. The van der Waals surface area contributed by atoms with E-state index in [2.05, 4.69) is 24.9 Å². The van der Waals surface area contributed by atoms with Gasteiger partial charge in [-0.15, -0.1) is 0 Å². The zero-order valence-corrected chi connectivity index (χ0v) is 7.87. The van der Waals surface area contributed by atoms with Crippen molar-refractivity contribution in [2.75, 3.05) is 7.11 Å². The highest BCUT2D eigenvalue weighted by molar-refractivity contribution is 5.18. The van der Waals surface area contributed by atoms with E-state index in [0.717, 1.165) is 5.69 Å². The molecule has 0 fully saturated rings. The molecule has 0 spiro atoms. The van der Waals surface area contributed by atoms with Gasteiger partial charge in [0.25, 0.3) is 0 Å². The van der Waals surface area contributed by atoms with Crippen LogP contribution in [0.1, 0.15) is 31.0 Å².